The molecule has 0 aliphatic carbocycles. The largest absolute Gasteiger partial charge is 0.467 e. The van der Waals surface area contributed by atoms with E-state index in [1.54, 1.807) is 36.4 Å². The van der Waals surface area contributed by atoms with Crippen LogP contribution in [0.15, 0.2) is 120 Å². The molecule has 252 valence electrons. The minimum atomic E-state index is -4.55. The number of hydrogen-bond donors (Lipinski definition) is 2. The van der Waals surface area contributed by atoms with Crippen molar-refractivity contribution in [1.29, 1.82) is 0 Å². The van der Waals surface area contributed by atoms with E-state index in [2.05, 4.69) is 10.0 Å². The third-order valence-corrected chi connectivity index (χ3v) is 9.22. The minimum absolute atomic E-state index is 0.0213. The molecule has 0 fully saturated rings. The molecule has 7 nitrogen and oxygen atoms in total. The normalized spacial score (nSPS) is 12.2. The zero-order valence-electron chi connectivity index (χ0n) is 25.6. The maximum absolute atomic E-state index is 13.8. The van der Waals surface area contributed by atoms with Gasteiger partial charge in [0.15, 0.2) is 0 Å². The molecule has 2 N–H and O–H groups in total. The fourth-order valence-electron chi connectivity index (χ4n) is 4.97. The Balaban J connectivity index is 1.46. The maximum atomic E-state index is 13.8. The highest BCUT2D eigenvalue weighted by atomic mass is 35.5. The van der Waals surface area contributed by atoms with Crippen molar-refractivity contribution in [2.45, 2.75) is 23.5 Å². The van der Waals surface area contributed by atoms with Crippen LogP contribution >= 0.6 is 11.6 Å². The summed E-state index contributed by atoms with van der Waals surface area (Å²) < 4.78 is 86.8. The summed E-state index contributed by atoms with van der Waals surface area (Å²) in [5.41, 5.74) is 1.44. The van der Waals surface area contributed by atoms with Gasteiger partial charge in [0, 0.05) is 6.42 Å². The molecule has 13 heteroatoms. The Labute approximate surface area is 284 Å². The van der Waals surface area contributed by atoms with Crippen molar-refractivity contribution in [3.63, 3.8) is 0 Å². The van der Waals surface area contributed by atoms with Gasteiger partial charge < -0.3 is 10.1 Å². The van der Waals surface area contributed by atoms with E-state index < -0.39 is 45.5 Å². The SMILES string of the molecule is COC(=O)C(Cc1ccc(-c2ccc(F)c(Cl)c2)cc1)NC(=O)c1cc(-c2ccc(C(F)(F)F)cc2)ccc1NS(=O)(=O)c1ccccc1. The summed E-state index contributed by atoms with van der Waals surface area (Å²) in [6, 6.07) is 25.7. The smallest absolute Gasteiger partial charge is 0.416 e. The molecular weight excluding hydrogens is 684 g/mol. The molecule has 0 saturated carbocycles. The van der Waals surface area contributed by atoms with E-state index in [1.807, 2.05) is 0 Å². The van der Waals surface area contributed by atoms with Crippen LogP contribution in [0.3, 0.4) is 0 Å². The molecule has 0 aliphatic rings. The Bertz CT molecular complexity index is 2090. The lowest BCUT2D eigenvalue weighted by Gasteiger charge is -2.19. The predicted molar refractivity (Wildman–Crippen MR) is 178 cm³/mol. The quantitative estimate of drug-likeness (QED) is 0.113. The van der Waals surface area contributed by atoms with Crippen LogP contribution in [-0.2, 0) is 32.2 Å². The maximum Gasteiger partial charge on any atom is 0.416 e. The number of alkyl halides is 3. The van der Waals surface area contributed by atoms with E-state index in [0.29, 0.717) is 22.3 Å². The highest BCUT2D eigenvalue weighted by molar-refractivity contribution is 7.92. The standard InChI is InChI=1S/C36H27ClF4N2O5S/c1-48-35(45)33(19-22-7-9-23(10-8-22)26-13-17-31(38)30(37)21-26)42-34(44)29-20-25(24-11-15-27(16-12-24)36(39,40)41)14-18-32(29)43-49(46,47)28-5-3-2-4-6-28/h2-18,20-21,33,43H,19H2,1H3,(H,42,44). The Kier molecular flexibility index (Phi) is 10.4. The number of carbonyl (C=O) groups excluding carboxylic acids is 2. The van der Waals surface area contributed by atoms with Crippen LogP contribution in [0, 0.1) is 5.82 Å². The molecule has 5 rings (SSSR count). The lowest BCUT2D eigenvalue weighted by atomic mass is 9.99. The van der Waals surface area contributed by atoms with E-state index in [-0.39, 0.29) is 27.6 Å². The number of sulfonamides is 1. The van der Waals surface area contributed by atoms with Gasteiger partial charge in [-0.2, -0.15) is 13.2 Å². The number of nitrogens with one attached hydrogen (secondary N) is 2. The van der Waals surface area contributed by atoms with Crippen molar-refractivity contribution in [2.24, 2.45) is 0 Å². The van der Waals surface area contributed by atoms with Crippen molar-refractivity contribution >= 4 is 39.2 Å². The average Bonchev–Trinajstić information content (AvgIpc) is 3.09. The fourth-order valence-corrected chi connectivity index (χ4v) is 6.25. The number of ether oxygens (including phenoxy) is 1. The first-order valence-corrected chi connectivity index (χ1v) is 16.4. The van der Waals surface area contributed by atoms with Gasteiger partial charge in [-0.3, -0.25) is 9.52 Å². The Morgan fingerprint density at radius 1 is 0.796 bits per heavy atom. The van der Waals surface area contributed by atoms with Crippen molar-refractivity contribution < 1.29 is 40.3 Å². The molecule has 1 unspecified atom stereocenters. The van der Waals surface area contributed by atoms with Crippen LogP contribution < -0.4 is 10.0 Å². The lowest BCUT2D eigenvalue weighted by molar-refractivity contribution is -0.143. The van der Waals surface area contributed by atoms with Crippen LogP contribution in [0.5, 0.6) is 0 Å². The molecule has 0 heterocycles. The van der Waals surface area contributed by atoms with Gasteiger partial charge in [-0.25, -0.2) is 17.6 Å². The summed E-state index contributed by atoms with van der Waals surface area (Å²) in [5.74, 6) is -2.19. The van der Waals surface area contributed by atoms with Crippen molar-refractivity contribution in [2.75, 3.05) is 11.8 Å². The lowest BCUT2D eigenvalue weighted by Crippen LogP contribution is -2.43. The van der Waals surface area contributed by atoms with Crippen LogP contribution in [-0.4, -0.2) is 33.4 Å². The number of halogens is 5. The zero-order chi connectivity index (χ0) is 35.3. The monoisotopic (exact) mass is 710 g/mol. The number of amides is 1. The second kappa shape index (κ2) is 14.5. The van der Waals surface area contributed by atoms with Gasteiger partial charge in [-0.1, -0.05) is 78.3 Å². The van der Waals surface area contributed by atoms with Gasteiger partial charge in [0.25, 0.3) is 15.9 Å². The van der Waals surface area contributed by atoms with E-state index >= 15 is 0 Å². The average molecular weight is 711 g/mol. The predicted octanol–water partition coefficient (Wildman–Crippen LogP) is 8.15. The van der Waals surface area contributed by atoms with Crippen LogP contribution in [0.2, 0.25) is 5.02 Å². The molecule has 0 aliphatic heterocycles. The summed E-state index contributed by atoms with van der Waals surface area (Å²) in [6.07, 6.45) is -4.58. The first-order chi connectivity index (χ1) is 23.2. The first kappa shape index (κ1) is 35.1. The Morgan fingerprint density at radius 2 is 1.37 bits per heavy atom. The van der Waals surface area contributed by atoms with E-state index in [4.69, 9.17) is 16.3 Å². The molecule has 0 saturated heterocycles. The summed E-state index contributed by atoms with van der Waals surface area (Å²) in [7, 11) is -3.03. The molecule has 0 radical (unpaired) electrons. The molecular formula is C36H27ClF4N2O5S. The van der Waals surface area contributed by atoms with E-state index in [1.165, 1.54) is 66.7 Å². The van der Waals surface area contributed by atoms with E-state index in [0.717, 1.165) is 24.8 Å². The van der Waals surface area contributed by atoms with Crippen LogP contribution in [0.25, 0.3) is 22.3 Å². The van der Waals surface area contributed by atoms with Crippen molar-refractivity contribution in [3.8, 4) is 22.3 Å². The summed E-state index contributed by atoms with van der Waals surface area (Å²) >= 11 is 5.91. The number of anilines is 1. The summed E-state index contributed by atoms with van der Waals surface area (Å²) in [5, 5.41) is 2.57. The first-order valence-electron chi connectivity index (χ1n) is 14.6. The van der Waals surface area contributed by atoms with Gasteiger partial charge in [0.05, 0.1) is 33.8 Å². The fraction of sp³-hybridized carbons (Fsp3) is 0.111. The number of rotatable bonds is 10. The Morgan fingerprint density at radius 3 is 1.96 bits per heavy atom. The van der Waals surface area contributed by atoms with Gasteiger partial charge >= 0.3 is 12.1 Å². The summed E-state index contributed by atoms with van der Waals surface area (Å²) in [4.78, 5) is 26.6. The molecule has 1 atom stereocenters. The number of esters is 1. The van der Waals surface area contributed by atoms with E-state index in [9.17, 15) is 35.6 Å². The second-order valence-corrected chi connectivity index (χ2v) is 12.9. The van der Waals surface area contributed by atoms with Crippen molar-refractivity contribution in [1.82, 2.24) is 5.32 Å². The molecule has 0 bridgehead atoms. The Hall–Kier alpha value is -5.20. The number of benzene rings is 5. The molecule has 1 amide bonds. The van der Waals surface area contributed by atoms with Gasteiger partial charge in [-0.05, 0) is 76.3 Å². The molecule has 49 heavy (non-hydrogen) atoms. The number of carbonyl (C=O) groups is 2. The van der Waals surface area contributed by atoms with Crippen LogP contribution in [0.4, 0.5) is 23.2 Å². The minimum Gasteiger partial charge on any atom is -0.467 e. The van der Waals surface area contributed by atoms with Gasteiger partial charge in [0.1, 0.15) is 11.9 Å². The molecule has 0 spiro atoms. The third-order valence-electron chi connectivity index (χ3n) is 7.55. The highest BCUT2D eigenvalue weighted by Crippen LogP contribution is 2.33. The van der Waals surface area contributed by atoms with Crippen LogP contribution in [0.1, 0.15) is 21.5 Å². The summed E-state index contributed by atoms with van der Waals surface area (Å²) in [6.45, 7) is 0. The molecule has 5 aromatic carbocycles. The second-order valence-electron chi connectivity index (χ2n) is 10.8. The number of hydrogen-bond acceptors (Lipinski definition) is 5. The van der Waals surface area contributed by atoms with Gasteiger partial charge in [-0.15, -0.1) is 0 Å². The highest BCUT2D eigenvalue weighted by Gasteiger charge is 2.30. The van der Waals surface area contributed by atoms with Gasteiger partial charge in [0.2, 0.25) is 0 Å². The molecule has 5 aromatic rings. The topological polar surface area (TPSA) is 102 Å². The van der Waals surface area contributed by atoms with Crippen molar-refractivity contribution in [3.05, 3.63) is 143 Å². The molecule has 0 aromatic heterocycles. The number of methoxy groups -OCH3 is 1. The zero-order valence-corrected chi connectivity index (χ0v) is 27.2. The third kappa shape index (κ3) is 8.45.